The second-order valence-corrected chi connectivity index (χ2v) is 9.61. The topological polar surface area (TPSA) is 92.3 Å². The molecule has 0 bridgehead atoms. The molecule has 3 aromatic rings. The Labute approximate surface area is 203 Å². The van der Waals surface area contributed by atoms with Crippen molar-refractivity contribution >= 4 is 34.8 Å². The molecule has 1 saturated heterocycles. The Bertz CT molecular complexity index is 1180. The number of hydrogen-bond acceptors (Lipinski definition) is 6. The molecule has 1 fully saturated rings. The molecule has 2 amide bonds. The SMILES string of the molecule is CC1(CN2CCc3cc(-c4cncc(NC(=O)Nc5ccc(Cl)nc5)n4)ccc32)CCCOC1. The second-order valence-electron chi connectivity index (χ2n) is 9.22. The van der Waals surface area contributed by atoms with E-state index in [0.717, 1.165) is 44.7 Å². The zero-order valence-corrected chi connectivity index (χ0v) is 19.8. The molecule has 2 aliphatic heterocycles. The number of hydrogen-bond donors (Lipinski definition) is 2. The summed E-state index contributed by atoms with van der Waals surface area (Å²) in [4.78, 5) is 27.6. The predicted molar refractivity (Wildman–Crippen MR) is 133 cm³/mol. The summed E-state index contributed by atoms with van der Waals surface area (Å²) in [5, 5.41) is 5.78. The van der Waals surface area contributed by atoms with Crippen LogP contribution in [0.2, 0.25) is 5.15 Å². The molecule has 1 unspecified atom stereocenters. The second kappa shape index (κ2) is 9.56. The average molecular weight is 479 g/mol. The quantitative estimate of drug-likeness (QED) is 0.500. The summed E-state index contributed by atoms with van der Waals surface area (Å²) < 4.78 is 5.75. The number of carbonyl (C=O) groups is 1. The summed E-state index contributed by atoms with van der Waals surface area (Å²) >= 11 is 5.78. The summed E-state index contributed by atoms with van der Waals surface area (Å²) in [5.74, 6) is 0.365. The largest absolute Gasteiger partial charge is 0.381 e. The molecule has 1 aromatic carbocycles. The van der Waals surface area contributed by atoms with Gasteiger partial charge in [0.25, 0.3) is 0 Å². The fourth-order valence-electron chi connectivity index (χ4n) is 4.66. The van der Waals surface area contributed by atoms with Crippen LogP contribution in [0.15, 0.2) is 48.9 Å². The van der Waals surface area contributed by atoms with Gasteiger partial charge in [0.15, 0.2) is 5.82 Å². The van der Waals surface area contributed by atoms with E-state index in [0.29, 0.717) is 22.4 Å². The maximum atomic E-state index is 12.3. The lowest BCUT2D eigenvalue weighted by Crippen LogP contribution is -2.40. The molecule has 4 heterocycles. The number of halogens is 1. The number of carbonyl (C=O) groups excluding carboxylic acids is 1. The van der Waals surface area contributed by atoms with Crippen LogP contribution in [-0.2, 0) is 11.2 Å². The Morgan fingerprint density at radius 3 is 2.91 bits per heavy atom. The third-order valence-electron chi connectivity index (χ3n) is 6.32. The predicted octanol–water partition coefficient (Wildman–Crippen LogP) is 5.02. The highest BCUT2D eigenvalue weighted by atomic mass is 35.5. The number of ether oxygens (including phenoxy) is 1. The van der Waals surface area contributed by atoms with Crippen molar-refractivity contribution in [3.8, 4) is 11.3 Å². The van der Waals surface area contributed by atoms with E-state index < -0.39 is 6.03 Å². The van der Waals surface area contributed by atoms with Gasteiger partial charge in [-0.2, -0.15) is 0 Å². The highest BCUT2D eigenvalue weighted by Gasteiger charge is 2.32. The summed E-state index contributed by atoms with van der Waals surface area (Å²) in [6.45, 7) is 6.06. The van der Waals surface area contributed by atoms with Crippen LogP contribution in [0.5, 0.6) is 0 Å². The fourth-order valence-corrected chi connectivity index (χ4v) is 4.78. The molecule has 2 aromatic heterocycles. The monoisotopic (exact) mass is 478 g/mol. The number of pyridine rings is 1. The lowest BCUT2D eigenvalue weighted by molar-refractivity contribution is 0.00669. The van der Waals surface area contributed by atoms with Gasteiger partial charge in [0.05, 0.1) is 36.6 Å². The zero-order chi connectivity index (χ0) is 23.5. The minimum Gasteiger partial charge on any atom is -0.381 e. The lowest BCUT2D eigenvalue weighted by atomic mass is 9.84. The van der Waals surface area contributed by atoms with Gasteiger partial charge in [-0.1, -0.05) is 24.6 Å². The van der Waals surface area contributed by atoms with E-state index in [-0.39, 0.29) is 5.41 Å². The molecule has 8 nitrogen and oxygen atoms in total. The van der Waals surface area contributed by atoms with Gasteiger partial charge in [0.2, 0.25) is 0 Å². The van der Waals surface area contributed by atoms with Crippen LogP contribution in [0.3, 0.4) is 0 Å². The van der Waals surface area contributed by atoms with Gasteiger partial charge in [-0.05, 0) is 49.1 Å². The molecule has 2 N–H and O–H groups in total. The molecule has 2 aliphatic rings. The average Bonchev–Trinajstić information content (AvgIpc) is 3.22. The first-order valence-corrected chi connectivity index (χ1v) is 11.8. The van der Waals surface area contributed by atoms with Crippen LogP contribution >= 0.6 is 11.6 Å². The van der Waals surface area contributed by atoms with Crippen LogP contribution in [0.25, 0.3) is 11.3 Å². The van der Waals surface area contributed by atoms with Crippen molar-refractivity contribution in [2.24, 2.45) is 5.41 Å². The van der Waals surface area contributed by atoms with Crippen LogP contribution in [-0.4, -0.2) is 47.3 Å². The summed E-state index contributed by atoms with van der Waals surface area (Å²) in [6.07, 6.45) is 8.05. The number of benzene rings is 1. The van der Waals surface area contributed by atoms with Crippen LogP contribution in [0, 0.1) is 5.41 Å². The molecule has 9 heteroatoms. The highest BCUT2D eigenvalue weighted by molar-refractivity contribution is 6.29. The number of fused-ring (bicyclic) bond motifs is 1. The van der Waals surface area contributed by atoms with Gasteiger partial charge < -0.3 is 15.0 Å². The number of urea groups is 1. The van der Waals surface area contributed by atoms with E-state index >= 15 is 0 Å². The standard InChI is InChI=1S/C25H27ClN6O2/c1-25(8-2-10-34-16-25)15-32-9-7-18-11-17(3-5-21(18)32)20-13-27-14-23(30-20)31-24(33)29-19-4-6-22(26)28-12-19/h3-6,11-14H,2,7-10,15-16H2,1H3,(H2,29,30,31,33). The smallest absolute Gasteiger partial charge is 0.324 e. The number of rotatable bonds is 5. The number of amides is 2. The highest BCUT2D eigenvalue weighted by Crippen LogP contribution is 2.36. The van der Waals surface area contributed by atoms with E-state index in [1.165, 1.54) is 30.1 Å². The van der Waals surface area contributed by atoms with Gasteiger partial charge in [-0.15, -0.1) is 0 Å². The molecule has 0 radical (unpaired) electrons. The Kier molecular flexibility index (Phi) is 6.34. The van der Waals surface area contributed by atoms with Gasteiger partial charge in [0, 0.05) is 36.4 Å². The van der Waals surface area contributed by atoms with Crippen molar-refractivity contribution in [1.82, 2.24) is 15.0 Å². The molecule has 0 aliphatic carbocycles. The van der Waals surface area contributed by atoms with Crippen molar-refractivity contribution in [3.05, 3.63) is 59.6 Å². The van der Waals surface area contributed by atoms with Crippen LogP contribution in [0.1, 0.15) is 25.3 Å². The molecule has 176 valence electrons. The van der Waals surface area contributed by atoms with E-state index in [2.05, 4.69) is 55.6 Å². The number of nitrogens with one attached hydrogen (secondary N) is 2. The minimum absolute atomic E-state index is 0.201. The Morgan fingerprint density at radius 1 is 1.21 bits per heavy atom. The number of nitrogens with zero attached hydrogens (tertiary/aromatic N) is 4. The normalized spacial score (nSPS) is 19.5. The number of aromatic nitrogens is 3. The van der Waals surface area contributed by atoms with E-state index in [1.54, 1.807) is 18.3 Å². The summed E-state index contributed by atoms with van der Waals surface area (Å²) in [5.41, 5.74) is 5.01. The Balaban J connectivity index is 1.27. The molecule has 34 heavy (non-hydrogen) atoms. The minimum atomic E-state index is -0.430. The maximum absolute atomic E-state index is 12.3. The number of anilines is 3. The van der Waals surface area contributed by atoms with Crippen LogP contribution in [0.4, 0.5) is 22.0 Å². The zero-order valence-electron chi connectivity index (χ0n) is 19.1. The first kappa shape index (κ1) is 22.6. The van der Waals surface area contributed by atoms with Gasteiger partial charge in [0.1, 0.15) is 5.15 Å². The van der Waals surface area contributed by atoms with Crippen molar-refractivity contribution in [3.63, 3.8) is 0 Å². The van der Waals surface area contributed by atoms with Gasteiger partial charge in [-0.25, -0.2) is 14.8 Å². The lowest BCUT2D eigenvalue weighted by Gasteiger charge is -2.37. The fraction of sp³-hybridized carbons (Fsp3) is 0.360. The van der Waals surface area contributed by atoms with Crippen LogP contribution < -0.4 is 15.5 Å². The maximum Gasteiger partial charge on any atom is 0.324 e. The third-order valence-corrected chi connectivity index (χ3v) is 6.54. The van der Waals surface area contributed by atoms with Gasteiger partial charge in [-0.3, -0.25) is 10.3 Å². The summed E-state index contributed by atoms with van der Waals surface area (Å²) in [6, 6.07) is 9.28. The Hall–Kier alpha value is -3.23. The van der Waals surface area contributed by atoms with Crippen molar-refractivity contribution in [2.75, 3.05) is 41.8 Å². The van der Waals surface area contributed by atoms with Crippen molar-refractivity contribution in [1.29, 1.82) is 0 Å². The van der Waals surface area contributed by atoms with E-state index in [4.69, 9.17) is 16.3 Å². The first-order valence-electron chi connectivity index (χ1n) is 11.5. The van der Waals surface area contributed by atoms with Crippen molar-refractivity contribution in [2.45, 2.75) is 26.2 Å². The molecular formula is C25H27ClN6O2. The molecular weight excluding hydrogens is 452 g/mol. The molecule has 0 spiro atoms. The Morgan fingerprint density at radius 2 is 2.12 bits per heavy atom. The molecule has 0 saturated carbocycles. The van der Waals surface area contributed by atoms with Crippen molar-refractivity contribution < 1.29 is 9.53 Å². The third kappa shape index (κ3) is 5.13. The van der Waals surface area contributed by atoms with E-state index in [9.17, 15) is 4.79 Å². The molecule has 1 atom stereocenters. The van der Waals surface area contributed by atoms with E-state index in [1.807, 2.05) is 0 Å². The first-order chi connectivity index (χ1) is 16.5. The van der Waals surface area contributed by atoms with Gasteiger partial charge >= 0.3 is 6.03 Å². The molecule has 5 rings (SSSR count). The summed E-state index contributed by atoms with van der Waals surface area (Å²) in [7, 11) is 0.